The average molecular weight is 567 g/mol. The second-order valence-corrected chi connectivity index (χ2v) is 11.9. The first-order valence-corrected chi connectivity index (χ1v) is 14.6. The lowest BCUT2D eigenvalue weighted by Gasteiger charge is -2.32. The summed E-state index contributed by atoms with van der Waals surface area (Å²) in [6.45, 7) is 5.88. The Morgan fingerprint density at radius 3 is 1.88 bits per heavy atom. The molecule has 0 aromatic heterocycles. The predicted molar refractivity (Wildman–Crippen MR) is 156 cm³/mol. The fourth-order valence-electron chi connectivity index (χ4n) is 4.49. The number of hydrogen-bond donors (Lipinski definition) is 3. The molecule has 214 valence electrons. The van der Waals surface area contributed by atoms with E-state index in [1.807, 2.05) is 74.5 Å². The van der Waals surface area contributed by atoms with Crippen LogP contribution >= 0.6 is 0 Å². The molecule has 0 fully saturated rings. The summed E-state index contributed by atoms with van der Waals surface area (Å²) in [6.07, 6.45) is -0.752. The Morgan fingerprint density at radius 2 is 1.40 bits per heavy atom. The quantitative estimate of drug-likeness (QED) is 0.284. The number of ether oxygens (including phenoxy) is 1. The van der Waals surface area contributed by atoms with Crippen LogP contribution in [0, 0.1) is 5.92 Å². The molecule has 9 nitrogen and oxygen atoms in total. The number of amides is 2. The number of anilines is 1. The van der Waals surface area contributed by atoms with E-state index in [1.54, 1.807) is 19.1 Å². The van der Waals surface area contributed by atoms with Crippen molar-refractivity contribution in [3.05, 3.63) is 96.1 Å². The monoisotopic (exact) mass is 566 g/mol. The van der Waals surface area contributed by atoms with Crippen molar-refractivity contribution in [1.29, 1.82) is 0 Å². The van der Waals surface area contributed by atoms with Crippen molar-refractivity contribution in [2.75, 3.05) is 25.9 Å². The molecular weight excluding hydrogens is 528 g/mol. The van der Waals surface area contributed by atoms with Crippen molar-refractivity contribution in [3.63, 3.8) is 0 Å². The molecule has 3 rings (SSSR count). The van der Waals surface area contributed by atoms with Crippen molar-refractivity contribution >= 4 is 27.7 Å². The first kappa shape index (κ1) is 30.6. The minimum Gasteiger partial charge on any atom is -0.453 e. The van der Waals surface area contributed by atoms with Gasteiger partial charge in [-0.2, -0.15) is 4.31 Å². The van der Waals surface area contributed by atoms with Crippen LogP contribution in [0.4, 0.5) is 10.5 Å². The van der Waals surface area contributed by atoms with Crippen LogP contribution in [0.15, 0.2) is 89.8 Å². The van der Waals surface area contributed by atoms with E-state index in [0.717, 1.165) is 11.1 Å². The van der Waals surface area contributed by atoms with Crippen LogP contribution in [0.3, 0.4) is 0 Å². The normalized spacial score (nSPS) is 13.2. The van der Waals surface area contributed by atoms with E-state index < -0.39 is 40.0 Å². The molecule has 10 heteroatoms. The van der Waals surface area contributed by atoms with Gasteiger partial charge in [0.05, 0.1) is 12.0 Å². The van der Waals surface area contributed by atoms with Crippen LogP contribution in [0.25, 0.3) is 0 Å². The van der Waals surface area contributed by atoms with Gasteiger partial charge in [0.2, 0.25) is 15.9 Å². The minimum atomic E-state index is -3.87. The summed E-state index contributed by atoms with van der Waals surface area (Å²) >= 11 is 0. The molecule has 3 aromatic carbocycles. The van der Waals surface area contributed by atoms with Crippen molar-refractivity contribution < 1.29 is 22.7 Å². The lowest BCUT2D eigenvalue weighted by molar-refractivity contribution is -0.123. The first-order valence-electron chi connectivity index (χ1n) is 13.1. The van der Waals surface area contributed by atoms with E-state index in [4.69, 9.17) is 10.5 Å². The Kier molecular flexibility index (Phi) is 10.7. The van der Waals surface area contributed by atoms with Gasteiger partial charge in [-0.15, -0.1) is 0 Å². The number of carbonyl (C=O) groups is 2. The van der Waals surface area contributed by atoms with Crippen molar-refractivity contribution in [1.82, 2.24) is 14.9 Å². The van der Waals surface area contributed by atoms with Gasteiger partial charge in [-0.3, -0.25) is 4.79 Å². The number of benzene rings is 3. The Bertz CT molecular complexity index is 1310. The van der Waals surface area contributed by atoms with E-state index in [1.165, 1.54) is 23.5 Å². The number of nitrogens with one attached hydrogen (secondary N) is 2. The maximum Gasteiger partial charge on any atom is 0.407 e. The third-order valence-corrected chi connectivity index (χ3v) is 8.48. The van der Waals surface area contributed by atoms with E-state index in [0.29, 0.717) is 5.69 Å². The van der Waals surface area contributed by atoms with E-state index in [-0.39, 0.29) is 23.9 Å². The van der Waals surface area contributed by atoms with Crippen LogP contribution in [0.5, 0.6) is 0 Å². The Balaban J connectivity index is 1.90. The van der Waals surface area contributed by atoms with Gasteiger partial charge in [-0.1, -0.05) is 74.5 Å². The molecule has 3 aromatic rings. The number of nitrogens with zero attached hydrogens (tertiary/aromatic N) is 1. The van der Waals surface area contributed by atoms with Gasteiger partial charge < -0.3 is 21.1 Å². The summed E-state index contributed by atoms with van der Waals surface area (Å²) < 4.78 is 33.3. The highest BCUT2D eigenvalue weighted by Gasteiger charge is 2.34. The summed E-state index contributed by atoms with van der Waals surface area (Å²) in [5, 5.41) is 5.58. The molecule has 0 heterocycles. The van der Waals surface area contributed by atoms with Crippen molar-refractivity contribution in [3.8, 4) is 0 Å². The van der Waals surface area contributed by atoms with Gasteiger partial charge >= 0.3 is 6.09 Å². The maximum atomic E-state index is 13.7. The van der Waals surface area contributed by atoms with E-state index >= 15 is 0 Å². The fourth-order valence-corrected chi connectivity index (χ4v) is 6.29. The number of rotatable bonds is 12. The molecule has 0 saturated carbocycles. The molecule has 4 N–H and O–H groups in total. The minimum absolute atomic E-state index is 0.0232. The maximum absolute atomic E-state index is 13.7. The average Bonchev–Trinajstić information content (AvgIpc) is 2.95. The Hall–Kier alpha value is -3.89. The van der Waals surface area contributed by atoms with Gasteiger partial charge in [-0.05, 0) is 48.2 Å². The zero-order valence-corrected chi connectivity index (χ0v) is 24.1. The van der Waals surface area contributed by atoms with Gasteiger partial charge in [0.1, 0.15) is 6.04 Å². The van der Waals surface area contributed by atoms with Crippen LogP contribution in [-0.4, -0.2) is 57.0 Å². The molecule has 0 aliphatic carbocycles. The summed E-state index contributed by atoms with van der Waals surface area (Å²) in [7, 11) is -2.63. The van der Waals surface area contributed by atoms with Gasteiger partial charge in [0, 0.05) is 30.7 Å². The predicted octanol–water partition coefficient (Wildman–Crippen LogP) is 3.98. The van der Waals surface area contributed by atoms with E-state index in [2.05, 4.69) is 10.6 Å². The molecule has 2 amide bonds. The zero-order chi connectivity index (χ0) is 29.3. The molecule has 2 unspecified atom stereocenters. The van der Waals surface area contributed by atoms with Crippen molar-refractivity contribution in [2.24, 2.45) is 5.92 Å². The second-order valence-electron chi connectivity index (χ2n) is 10.0. The molecule has 2 atom stereocenters. The van der Waals surface area contributed by atoms with Crippen LogP contribution in [0.2, 0.25) is 0 Å². The lowest BCUT2D eigenvalue weighted by atomic mass is 9.84. The summed E-state index contributed by atoms with van der Waals surface area (Å²) in [5.41, 5.74) is 7.87. The number of hydrogen-bond acceptors (Lipinski definition) is 6. The molecule has 0 saturated heterocycles. The van der Waals surface area contributed by atoms with Gasteiger partial charge in [0.25, 0.3) is 0 Å². The third-order valence-electron chi connectivity index (χ3n) is 6.49. The fraction of sp³-hybridized carbons (Fsp3) is 0.333. The first-order chi connectivity index (χ1) is 19.0. The number of alkyl carbamates (subject to hydrolysis) is 1. The number of nitrogens with two attached hydrogens (primary N) is 1. The van der Waals surface area contributed by atoms with Crippen LogP contribution < -0.4 is 16.4 Å². The number of carbonyl (C=O) groups excluding carboxylic acids is 2. The Morgan fingerprint density at radius 1 is 0.875 bits per heavy atom. The summed E-state index contributed by atoms with van der Waals surface area (Å²) in [4.78, 5) is 26.2. The smallest absolute Gasteiger partial charge is 0.407 e. The van der Waals surface area contributed by atoms with Gasteiger partial charge in [-0.25, -0.2) is 13.2 Å². The number of nitrogen functional groups attached to an aromatic ring is 1. The highest BCUT2D eigenvalue weighted by molar-refractivity contribution is 7.89. The molecule has 40 heavy (non-hydrogen) atoms. The molecule has 0 radical (unpaired) electrons. The third kappa shape index (κ3) is 7.83. The molecule has 0 aliphatic rings. The molecule has 0 spiro atoms. The highest BCUT2D eigenvalue weighted by Crippen LogP contribution is 2.29. The SMILES string of the molecule is COC(=O)NC(C(=O)NCC(C)N(CC(C)C)S(=O)(=O)c1ccc(N)cc1)C(c1ccccc1)c1ccccc1. The highest BCUT2D eigenvalue weighted by atomic mass is 32.2. The van der Waals surface area contributed by atoms with Crippen LogP contribution in [0.1, 0.15) is 37.8 Å². The lowest BCUT2D eigenvalue weighted by Crippen LogP contribution is -2.53. The largest absolute Gasteiger partial charge is 0.453 e. The van der Waals surface area contributed by atoms with Gasteiger partial charge in [0.15, 0.2) is 0 Å². The molecular formula is C30H38N4O5S. The van der Waals surface area contributed by atoms with E-state index in [9.17, 15) is 18.0 Å². The number of methoxy groups -OCH3 is 1. The summed E-state index contributed by atoms with van der Waals surface area (Å²) in [5.74, 6) is -0.956. The van der Waals surface area contributed by atoms with Crippen LogP contribution in [-0.2, 0) is 19.6 Å². The molecule has 0 aliphatic heterocycles. The Labute approximate surface area is 236 Å². The molecule has 0 bridgehead atoms. The standard InChI is InChI=1S/C30H38N4O5S/c1-21(2)20-34(40(37,38)26-17-15-25(31)16-18-26)22(3)19-32-29(35)28(33-30(36)39-4)27(23-11-7-5-8-12-23)24-13-9-6-10-14-24/h5-18,21-22,27-28H,19-20,31H2,1-4H3,(H,32,35)(H,33,36). The zero-order valence-electron chi connectivity index (χ0n) is 23.3. The second kappa shape index (κ2) is 14.0. The number of sulfonamides is 1. The topological polar surface area (TPSA) is 131 Å². The van der Waals surface area contributed by atoms with Crippen molar-refractivity contribution in [2.45, 2.75) is 43.7 Å². The summed E-state index contributed by atoms with van der Waals surface area (Å²) in [6, 6.07) is 23.2.